The van der Waals surface area contributed by atoms with Crippen LogP contribution < -0.4 is 5.32 Å². The second-order valence-electron chi connectivity index (χ2n) is 7.27. The number of carbonyl (C=O) groups excluding carboxylic acids is 1. The van der Waals surface area contributed by atoms with E-state index in [4.69, 9.17) is 0 Å². The Labute approximate surface area is 173 Å². The van der Waals surface area contributed by atoms with E-state index in [-0.39, 0.29) is 11.2 Å². The molecule has 0 spiro atoms. The maximum Gasteiger partial charge on any atom is 0.237 e. The van der Waals surface area contributed by atoms with E-state index in [1.54, 1.807) is 11.3 Å². The minimum atomic E-state index is -0.254. The molecule has 4 rings (SSSR count). The summed E-state index contributed by atoms with van der Waals surface area (Å²) in [5.41, 5.74) is 3.05. The van der Waals surface area contributed by atoms with E-state index >= 15 is 0 Å². The lowest BCUT2D eigenvalue weighted by molar-refractivity contribution is -0.115. The van der Waals surface area contributed by atoms with E-state index in [9.17, 15) is 4.79 Å². The van der Waals surface area contributed by atoms with Crippen molar-refractivity contribution in [2.75, 3.05) is 5.32 Å². The summed E-state index contributed by atoms with van der Waals surface area (Å²) in [6.07, 6.45) is 3.11. The molecule has 2 aromatic heterocycles. The number of anilines is 1. The van der Waals surface area contributed by atoms with Gasteiger partial charge in [-0.15, -0.1) is 21.5 Å². The second-order valence-corrected chi connectivity index (χ2v) is 9.61. The fourth-order valence-corrected chi connectivity index (χ4v) is 4.86. The van der Waals surface area contributed by atoms with Crippen LogP contribution in [0.3, 0.4) is 0 Å². The minimum Gasteiger partial charge on any atom is -0.325 e. The van der Waals surface area contributed by atoms with E-state index in [0.717, 1.165) is 47.1 Å². The first-order valence-electron chi connectivity index (χ1n) is 9.53. The third-order valence-corrected chi connectivity index (χ3v) is 6.87. The summed E-state index contributed by atoms with van der Waals surface area (Å²) >= 11 is 3.23. The summed E-state index contributed by atoms with van der Waals surface area (Å²) < 4.78 is 2.24. The summed E-state index contributed by atoms with van der Waals surface area (Å²) in [5.74, 6) is 0.988. The van der Waals surface area contributed by atoms with Crippen LogP contribution in [0, 0.1) is 13.8 Å². The number of carbonyl (C=O) groups is 1. The van der Waals surface area contributed by atoms with Gasteiger partial charge in [-0.2, -0.15) is 0 Å². The molecule has 1 amide bonds. The number of nitrogens with zero attached hydrogens (tertiary/aromatic N) is 3. The van der Waals surface area contributed by atoms with Crippen LogP contribution in [0.1, 0.15) is 47.6 Å². The number of rotatable bonds is 7. The second kappa shape index (κ2) is 8.09. The van der Waals surface area contributed by atoms with Gasteiger partial charge in [-0.05, 0) is 56.2 Å². The third kappa shape index (κ3) is 4.15. The quantitative estimate of drug-likeness (QED) is 0.555. The van der Waals surface area contributed by atoms with Gasteiger partial charge in [0.15, 0.2) is 5.16 Å². The van der Waals surface area contributed by atoms with Crippen molar-refractivity contribution < 1.29 is 4.79 Å². The van der Waals surface area contributed by atoms with Crippen molar-refractivity contribution in [1.82, 2.24) is 14.8 Å². The highest BCUT2D eigenvalue weighted by molar-refractivity contribution is 8.00. The van der Waals surface area contributed by atoms with Crippen LogP contribution in [0.4, 0.5) is 5.69 Å². The molecule has 0 aliphatic heterocycles. The molecule has 28 heavy (non-hydrogen) atoms. The summed E-state index contributed by atoms with van der Waals surface area (Å²) in [5, 5.41) is 14.6. The van der Waals surface area contributed by atoms with Gasteiger partial charge in [0, 0.05) is 23.0 Å². The summed E-state index contributed by atoms with van der Waals surface area (Å²) in [7, 11) is 0. The van der Waals surface area contributed by atoms with Gasteiger partial charge >= 0.3 is 0 Å². The molecule has 1 aliphatic rings. The smallest absolute Gasteiger partial charge is 0.237 e. The standard InChI is InChI=1S/C21H24N4OS2/c1-13-6-4-7-14(2)19(13)22-20(26)15(3)28-21-24-23-18(25(21)16-9-10-16)12-17-8-5-11-27-17/h4-8,11,15-16H,9-10,12H2,1-3H3,(H,22,26)/t15-/m0/s1. The fraction of sp³-hybridized carbons (Fsp3) is 0.381. The lowest BCUT2D eigenvalue weighted by Gasteiger charge is -2.16. The van der Waals surface area contributed by atoms with Gasteiger partial charge in [0.05, 0.1) is 5.25 Å². The van der Waals surface area contributed by atoms with Gasteiger partial charge in [-0.25, -0.2) is 0 Å². The number of nitrogens with one attached hydrogen (secondary N) is 1. The first kappa shape index (κ1) is 19.2. The van der Waals surface area contributed by atoms with E-state index in [1.165, 1.54) is 16.6 Å². The Hall–Kier alpha value is -2.12. The van der Waals surface area contributed by atoms with E-state index < -0.39 is 0 Å². The average Bonchev–Trinajstić information content (AvgIpc) is 3.22. The molecule has 0 unspecified atom stereocenters. The number of hydrogen-bond donors (Lipinski definition) is 1. The SMILES string of the molecule is Cc1cccc(C)c1NC(=O)[C@H](C)Sc1nnc(Cc2cccs2)n1C1CC1. The van der Waals surface area contributed by atoms with Crippen molar-refractivity contribution in [1.29, 1.82) is 0 Å². The minimum absolute atomic E-state index is 0.00689. The fourth-order valence-electron chi connectivity index (χ4n) is 3.22. The van der Waals surface area contributed by atoms with Crippen molar-refractivity contribution in [3.05, 3.63) is 57.5 Å². The van der Waals surface area contributed by atoms with Crippen molar-refractivity contribution in [3.63, 3.8) is 0 Å². The van der Waals surface area contributed by atoms with Crippen LogP contribution >= 0.6 is 23.1 Å². The number of aryl methyl sites for hydroxylation is 2. The zero-order chi connectivity index (χ0) is 19.7. The van der Waals surface area contributed by atoms with Gasteiger partial charge in [-0.3, -0.25) is 4.79 Å². The van der Waals surface area contributed by atoms with Gasteiger partial charge in [0.2, 0.25) is 5.91 Å². The van der Waals surface area contributed by atoms with Gasteiger partial charge in [-0.1, -0.05) is 36.0 Å². The Balaban J connectivity index is 1.49. The van der Waals surface area contributed by atoms with Crippen LogP contribution in [-0.2, 0) is 11.2 Å². The average molecular weight is 413 g/mol. The molecule has 2 heterocycles. The molecule has 5 nitrogen and oxygen atoms in total. The van der Waals surface area contributed by atoms with Crippen molar-refractivity contribution in [2.24, 2.45) is 0 Å². The van der Waals surface area contributed by atoms with Crippen LogP contribution in [0.5, 0.6) is 0 Å². The number of para-hydroxylation sites is 1. The van der Waals surface area contributed by atoms with Crippen molar-refractivity contribution >= 4 is 34.7 Å². The molecular weight excluding hydrogens is 388 g/mol. The topological polar surface area (TPSA) is 59.8 Å². The summed E-state index contributed by atoms with van der Waals surface area (Å²) in [4.78, 5) is 14.1. The van der Waals surface area contributed by atoms with Crippen LogP contribution in [0.25, 0.3) is 0 Å². The molecule has 1 aromatic carbocycles. The number of benzene rings is 1. The number of hydrogen-bond acceptors (Lipinski definition) is 5. The molecule has 7 heteroatoms. The molecular formula is C21H24N4OS2. The Morgan fingerprint density at radius 2 is 2.00 bits per heavy atom. The van der Waals surface area contributed by atoms with Crippen LogP contribution in [0.15, 0.2) is 40.9 Å². The first-order valence-corrected chi connectivity index (χ1v) is 11.3. The van der Waals surface area contributed by atoms with Crippen molar-refractivity contribution in [2.45, 2.75) is 56.5 Å². The van der Waals surface area contributed by atoms with Crippen molar-refractivity contribution in [3.8, 4) is 0 Å². The number of amides is 1. The highest BCUT2D eigenvalue weighted by Gasteiger charge is 2.31. The molecule has 3 aromatic rings. The largest absolute Gasteiger partial charge is 0.325 e. The highest BCUT2D eigenvalue weighted by Crippen LogP contribution is 2.40. The Morgan fingerprint density at radius 1 is 1.25 bits per heavy atom. The Morgan fingerprint density at radius 3 is 2.64 bits per heavy atom. The highest BCUT2D eigenvalue weighted by atomic mass is 32.2. The zero-order valence-electron chi connectivity index (χ0n) is 16.3. The molecule has 1 N–H and O–H groups in total. The molecule has 0 bridgehead atoms. The monoisotopic (exact) mass is 412 g/mol. The molecule has 1 aliphatic carbocycles. The lowest BCUT2D eigenvalue weighted by atomic mass is 10.1. The third-order valence-electron chi connectivity index (χ3n) is 4.94. The number of thioether (sulfide) groups is 1. The maximum absolute atomic E-state index is 12.8. The Kier molecular flexibility index (Phi) is 5.55. The first-order chi connectivity index (χ1) is 13.5. The van der Waals surface area contributed by atoms with E-state index in [0.29, 0.717) is 6.04 Å². The van der Waals surface area contributed by atoms with Crippen LogP contribution in [0.2, 0.25) is 0 Å². The molecule has 1 fully saturated rings. The molecule has 146 valence electrons. The summed E-state index contributed by atoms with van der Waals surface area (Å²) in [6.45, 7) is 5.96. The molecule has 1 atom stereocenters. The van der Waals surface area contributed by atoms with Crippen LogP contribution in [-0.4, -0.2) is 25.9 Å². The van der Waals surface area contributed by atoms with Gasteiger partial charge < -0.3 is 9.88 Å². The lowest BCUT2D eigenvalue weighted by Crippen LogP contribution is -2.24. The number of aromatic nitrogens is 3. The maximum atomic E-state index is 12.8. The van der Waals surface area contributed by atoms with Gasteiger partial charge in [0.25, 0.3) is 0 Å². The van der Waals surface area contributed by atoms with Gasteiger partial charge in [0.1, 0.15) is 5.82 Å². The Bertz CT molecular complexity index is 956. The molecule has 0 saturated heterocycles. The van der Waals surface area contributed by atoms with E-state index in [1.807, 2.05) is 39.0 Å². The molecule has 0 radical (unpaired) electrons. The predicted octanol–water partition coefficient (Wildman–Crippen LogP) is 5.00. The summed E-state index contributed by atoms with van der Waals surface area (Å²) in [6, 6.07) is 10.7. The number of thiophene rings is 1. The molecule has 1 saturated carbocycles. The predicted molar refractivity (Wildman–Crippen MR) is 115 cm³/mol. The zero-order valence-corrected chi connectivity index (χ0v) is 17.9. The normalized spacial score (nSPS) is 14.8. The van der Waals surface area contributed by atoms with E-state index in [2.05, 4.69) is 37.6 Å².